The van der Waals surface area contributed by atoms with Gasteiger partial charge in [-0.25, -0.2) is 0 Å². The Morgan fingerprint density at radius 3 is 2.50 bits per heavy atom. The summed E-state index contributed by atoms with van der Waals surface area (Å²) in [5.74, 6) is 0.127. The van der Waals surface area contributed by atoms with E-state index in [0.29, 0.717) is 19.1 Å². The molecule has 1 aromatic carbocycles. The minimum atomic E-state index is 0.127. The lowest BCUT2D eigenvalue weighted by Crippen LogP contribution is -2.32. The van der Waals surface area contributed by atoms with Crippen LogP contribution in [-0.4, -0.2) is 16.8 Å². The summed E-state index contributed by atoms with van der Waals surface area (Å²) < 4.78 is 0. The highest BCUT2D eigenvalue weighted by molar-refractivity contribution is 7.07. The molecule has 1 heterocycles. The third-order valence-corrected chi connectivity index (χ3v) is 4.35. The highest BCUT2D eigenvalue weighted by Gasteiger charge is 2.33. The van der Waals surface area contributed by atoms with Gasteiger partial charge in [0.25, 0.3) is 5.91 Å². The largest absolute Gasteiger partial charge is 0.331 e. The van der Waals surface area contributed by atoms with Crippen molar-refractivity contribution in [2.45, 2.75) is 32.0 Å². The standard InChI is InChI=1S/C16H18N2OS/c17-9-12-1-3-14(4-2-12)16(19)18(15-5-6-15)10-13-7-8-20-11-13/h1-4,7-8,11,15H,5-6,9-10,17H2. The first-order chi connectivity index (χ1) is 9.78. The van der Waals surface area contributed by atoms with E-state index >= 15 is 0 Å². The molecule has 2 aromatic rings. The first-order valence-corrected chi connectivity index (χ1v) is 7.83. The van der Waals surface area contributed by atoms with Gasteiger partial charge in [-0.1, -0.05) is 12.1 Å². The molecule has 0 bridgehead atoms. The maximum atomic E-state index is 12.7. The molecule has 104 valence electrons. The second-order valence-electron chi connectivity index (χ2n) is 5.20. The molecule has 0 unspecified atom stereocenters. The number of hydrogen-bond donors (Lipinski definition) is 1. The Kier molecular flexibility index (Phi) is 3.85. The van der Waals surface area contributed by atoms with Gasteiger partial charge in [-0.15, -0.1) is 0 Å². The number of nitrogens with two attached hydrogens (primary N) is 1. The number of carbonyl (C=O) groups is 1. The van der Waals surface area contributed by atoms with Crippen LogP contribution in [0, 0.1) is 0 Å². The van der Waals surface area contributed by atoms with Crippen molar-refractivity contribution in [2.75, 3.05) is 0 Å². The summed E-state index contributed by atoms with van der Waals surface area (Å²) >= 11 is 1.67. The molecule has 4 heteroatoms. The zero-order valence-electron chi connectivity index (χ0n) is 11.3. The average Bonchev–Trinajstić information content (AvgIpc) is 3.21. The van der Waals surface area contributed by atoms with Gasteiger partial charge in [-0.3, -0.25) is 4.79 Å². The highest BCUT2D eigenvalue weighted by atomic mass is 32.1. The van der Waals surface area contributed by atoms with Gasteiger partial charge in [-0.2, -0.15) is 11.3 Å². The van der Waals surface area contributed by atoms with Gasteiger partial charge in [0.05, 0.1) is 0 Å². The number of amides is 1. The Bertz CT molecular complexity index is 573. The van der Waals surface area contributed by atoms with Gasteiger partial charge in [0.15, 0.2) is 0 Å². The van der Waals surface area contributed by atoms with Crippen molar-refractivity contribution in [3.8, 4) is 0 Å². The molecule has 1 aromatic heterocycles. The summed E-state index contributed by atoms with van der Waals surface area (Å²) in [6, 6.07) is 10.1. The van der Waals surface area contributed by atoms with Crippen molar-refractivity contribution < 1.29 is 4.79 Å². The summed E-state index contributed by atoms with van der Waals surface area (Å²) in [7, 11) is 0. The monoisotopic (exact) mass is 286 g/mol. The predicted molar refractivity (Wildman–Crippen MR) is 81.5 cm³/mol. The highest BCUT2D eigenvalue weighted by Crippen LogP contribution is 2.30. The van der Waals surface area contributed by atoms with E-state index in [4.69, 9.17) is 5.73 Å². The molecular weight excluding hydrogens is 268 g/mol. The van der Waals surface area contributed by atoms with Crippen molar-refractivity contribution in [1.82, 2.24) is 4.90 Å². The quantitative estimate of drug-likeness (QED) is 0.918. The minimum Gasteiger partial charge on any atom is -0.331 e. The van der Waals surface area contributed by atoms with Crippen molar-refractivity contribution in [3.63, 3.8) is 0 Å². The van der Waals surface area contributed by atoms with Gasteiger partial charge in [0.2, 0.25) is 0 Å². The molecule has 1 saturated carbocycles. The van der Waals surface area contributed by atoms with E-state index in [1.807, 2.05) is 29.2 Å². The summed E-state index contributed by atoms with van der Waals surface area (Å²) in [6.07, 6.45) is 2.24. The van der Waals surface area contributed by atoms with E-state index in [1.165, 1.54) is 5.56 Å². The molecular formula is C16H18N2OS. The summed E-state index contributed by atoms with van der Waals surface area (Å²) in [4.78, 5) is 14.6. The lowest BCUT2D eigenvalue weighted by Gasteiger charge is -2.22. The smallest absolute Gasteiger partial charge is 0.254 e. The van der Waals surface area contributed by atoms with E-state index in [0.717, 1.165) is 24.0 Å². The molecule has 1 aliphatic rings. The second kappa shape index (κ2) is 5.77. The van der Waals surface area contributed by atoms with Crippen LogP contribution in [0.4, 0.5) is 0 Å². The third-order valence-electron chi connectivity index (χ3n) is 3.62. The first-order valence-electron chi connectivity index (χ1n) is 6.89. The van der Waals surface area contributed by atoms with Crippen LogP contribution in [0.15, 0.2) is 41.1 Å². The fraction of sp³-hybridized carbons (Fsp3) is 0.312. The molecule has 1 fully saturated rings. The lowest BCUT2D eigenvalue weighted by molar-refractivity contribution is 0.0730. The summed E-state index contributed by atoms with van der Waals surface area (Å²) in [6.45, 7) is 1.22. The van der Waals surface area contributed by atoms with E-state index in [2.05, 4.69) is 16.8 Å². The van der Waals surface area contributed by atoms with Gasteiger partial charge >= 0.3 is 0 Å². The van der Waals surface area contributed by atoms with Crippen LogP contribution in [0.3, 0.4) is 0 Å². The van der Waals surface area contributed by atoms with E-state index < -0.39 is 0 Å². The summed E-state index contributed by atoms with van der Waals surface area (Å²) in [5, 5.41) is 4.17. The Balaban J connectivity index is 1.77. The van der Waals surface area contributed by atoms with Crippen LogP contribution >= 0.6 is 11.3 Å². The molecule has 0 aliphatic heterocycles. The van der Waals surface area contributed by atoms with E-state index in [-0.39, 0.29) is 5.91 Å². The summed E-state index contributed by atoms with van der Waals surface area (Å²) in [5.41, 5.74) is 8.61. The maximum Gasteiger partial charge on any atom is 0.254 e. The number of carbonyl (C=O) groups excluding carboxylic acids is 1. The van der Waals surface area contributed by atoms with Crippen LogP contribution in [0.5, 0.6) is 0 Å². The van der Waals surface area contributed by atoms with E-state index in [1.54, 1.807) is 11.3 Å². The topological polar surface area (TPSA) is 46.3 Å². The van der Waals surface area contributed by atoms with Crippen molar-refractivity contribution in [3.05, 3.63) is 57.8 Å². The molecule has 0 saturated heterocycles. The van der Waals surface area contributed by atoms with E-state index in [9.17, 15) is 4.79 Å². The molecule has 2 N–H and O–H groups in total. The number of nitrogens with zero attached hydrogens (tertiary/aromatic N) is 1. The molecule has 0 atom stereocenters. The number of benzene rings is 1. The first kappa shape index (κ1) is 13.3. The lowest BCUT2D eigenvalue weighted by atomic mass is 10.1. The van der Waals surface area contributed by atoms with Gasteiger partial charge in [0.1, 0.15) is 0 Å². The van der Waals surface area contributed by atoms with Crippen LogP contribution in [0.1, 0.15) is 34.3 Å². The van der Waals surface area contributed by atoms with Gasteiger partial charge in [0, 0.05) is 24.7 Å². The Morgan fingerprint density at radius 1 is 1.20 bits per heavy atom. The van der Waals surface area contributed by atoms with Crippen LogP contribution < -0.4 is 5.73 Å². The Morgan fingerprint density at radius 2 is 1.95 bits per heavy atom. The maximum absolute atomic E-state index is 12.7. The van der Waals surface area contributed by atoms with Crippen LogP contribution in [0.25, 0.3) is 0 Å². The number of hydrogen-bond acceptors (Lipinski definition) is 3. The molecule has 3 nitrogen and oxygen atoms in total. The minimum absolute atomic E-state index is 0.127. The van der Waals surface area contributed by atoms with Crippen molar-refractivity contribution in [2.24, 2.45) is 5.73 Å². The molecule has 3 rings (SSSR count). The van der Waals surface area contributed by atoms with Gasteiger partial charge in [-0.05, 0) is 52.9 Å². The van der Waals surface area contributed by atoms with Crippen molar-refractivity contribution in [1.29, 1.82) is 0 Å². The van der Waals surface area contributed by atoms with Crippen LogP contribution in [0.2, 0.25) is 0 Å². The molecule has 20 heavy (non-hydrogen) atoms. The SMILES string of the molecule is NCc1ccc(C(=O)N(Cc2ccsc2)C2CC2)cc1. The zero-order chi connectivity index (χ0) is 13.9. The Hall–Kier alpha value is -1.65. The average molecular weight is 286 g/mol. The number of thiophene rings is 1. The molecule has 1 amide bonds. The van der Waals surface area contributed by atoms with Crippen molar-refractivity contribution >= 4 is 17.2 Å². The number of rotatable bonds is 5. The molecule has 1 aliphatic carbocycles. The fourth-order valence-corrected chi connectivity index (χ4v) is 2.94. The second-order valence-corrected chi connectivity index (χ2v) is 5.98. The third kappa shape index (κ3) is 2.92. The van der Waals surface area contributed by atoms with Gasteiger partial charge < -0.3 is 10.6 Å². The normalized spacial score (nSPS) is 14.2. The Labute approximate surface area is 123 Å². The predicted octanol–water partition coefficient (Wildman–Crippen LogP) is 3.01. The molecule has 0 spiro atoms. The van der Waals surface area contributed by atoms with Crippen LogP contribution in [-0.2, 0) is 13.1 Å². The zero-order valence-corrected chi connectivity index (χ0v) is 12.1. The molecule has 0 radical (unpaired) electrons. The fourth-order valence-electron chi connectivity index (χ4n) is 2.28.